The highest BCUT2D eigenvalue weighted by Gasteiger charge is 2.30. The fourth-order valence-electron chi connectivity index (χ4n) is 3.36. The maximum absolute atomic E-state index is 12.0. The van der Waals surface area contributed by atoms with E-state index in [0.29, 0.717) is 13.1 Å². The Bertz CT molecular complexity index is 1020. The first-order chi connectivity index (χ1) is 18.6. The molecule has 0 fully saturated rings. The molecule has 0 aliphatic rings. The predicted molar refractivity (Wildman–Crippen MR) is 163 cm³/mol. The topological polar surface area (TPSA) is 79.5 Å². The van der Waals surface area contributed by atoms with Crippen LogP contribution >= 0.6 is 11.8 Å². The van der Waals surface area contributed by atoms with E-state index in [2.05, 4.69) is 40.1 Å². The van der Waals surface area contributed by atoms with Crippen molar-refractivity contribution in [3.63, 3.8) is 0 Å². The third kappa shape index (κ3) is 12.7. The molecule has 0 aromatic heterocycles. The summed E-state index contributed by atoms with van der Waals surface area (Å²) < 4.78 is 36.1. The average Bonchev–Trinajstić information content (AvgIpc) is 2.96. The standard InChI is InChI=1S/C19H30N4OS.C9H9F3.C2H6/c1-5-19(2,13-24)17-11-15(6-7-18(17)21-3)10-16(25-4)12-23-14-22-9-8-20;1-2-7-3-5-8(6-4-7)9(10,11)12;1-2/h6-7,11-14,21H,5,8-10,20H2,1-4H3,(H,22,23);3-6H,2H2,1H3;1-2H3/b16-12-;;. The lowest BCUT2D eigenvalue weighted by atomic mass is 9.79. The highest BCUT2D eigenvalue weighted by molar-refractivity contribution is 8.02. The normalized spacial score (nSPS) is 12.9. The molecule has 0 heterocycles. The molecule has 4 N–H and O–H groups in total. The van der Waals surface area contributed by atoms with Crippen LogP contribution in [-0.2, 0) is 29.2 Å². The summed E-state index contributed by atoms with van der Waals surface area (Å²) >= 11 is 1.69. The minimum absolute atomic E-state index is 0.481. The van der Waals surface area contributed by atoms with Crippen molar-refractivity contribution >= 4 is 30.1 Å². The minimum atomic E-state index is -4.22. The van der Waals surface area contributed by atoms with Gasteiger partial charge in [0.15, 0.2) is 0 Å². The minimum Gasteiger partial charge on any atom is -0.388 e. The maximum Gasteiger partial charge on any atom is 0.416 e. The molecule has 0 spiro atoms. The van der Waals surface area contributed by atoms with Crippen molar-refractivity contribution in [3.8, 4) is 0 Å². The van der Waals surface area contributed by atoms with Gasteiger partial charge in [-0.1, -0.05) is 52.0 Å². The molecule has 1 atom stereocenters. The number of aryl methyl sites for hydroxylation is 1. The predicted octanol–water partition coefficient (Wildman–Crippen LogP) is 7.21. The Hall–Kier alpha value is -2.78. The van der Waals surface area contributed by atoms with Gasteiger partial charge in [-0.25, -0.2) is 0 Å². The zero-order valence-corrected chi connectivity index (χ0v) is 25.1. The summed E-state index contributed by atoms with van der Waals surface area (Å²) in [6, 6.07) is 11.5. The number of allylic oxidation sites excluding steroid dienone is 1. The van der Waals surface area contributed by atoms with Gasteiger partial charge in [-0.05, 0) is 60.9 Å². The van der Waals surface area contributed by atoms with Crippen LogP contribution in [0.2, 0.25) is 0 Å². The number of nitrogens with zero attached hydrogens (tertiary/aromatic N) is 1. The number of thioether (sulfide) groups is 1. The van der Waals surface area contributed by atoms with Crippen molar-refractivity contribution in [2.45, 2.75) is 65.5 Å². The molecule has 0 amide bonds. The van der Waals surface area contributed by atoms with Crippen LogP contribution in [0.25, 0.3) is 0 Å². The number of aldehydes is 1. The number of alkyl halides is 3. The number of carbonyl (C=O) groups excluding carboxylic acids is 1. The molecule has 5 nitrogen and oxygen atoms in total. The number of benzene rings is 2. The summed E-state index contributed by atoms with van der Waals surface area (Å²) in [6.45, 7) is 11.1. The van der Waals surface area contributed by atoms with E-state index in [9.17, 15) is 18.0 Å². The van der Waals surface area contributed by atoms with E-state index < -0.39 is 17.2 Å². The van der Waals surface area contributed by atoms with Crippen molar-refractivity contribution in [1.82, 2.24) is 5.32 Å². The zero-order valence-electron chi connectivity index (χ0n) is 24.3. The molecule has 2 aromatic carbocycles. The van der Waals surface area contributed by atoms with Gasteiger partial charge in [-0.2, -0.15) is 13.2 Å². The number of carbonyl (C=O) groups is 1. The number of halogens is 3. The van der Waals surface area contributed by atoms with Crippen molar-refractivity contribution in [2.24, 2.45) is 10.7 Å². The molecule has 9 heteroatoms. The number of aliphatic imine (C=N–C) groups is 1. The van der Waals surface area contributed by atoms with Gasteiger partial charge in [0, 0.05) is 42.2 Å². The smallest absolute Gasteiger partial charge is 0.388 e. The molecular weight excluding hydrogens is 521 g/mol. The van der Waals surface area contributed by atoms with Crippen LogP contribution in [0.5, 0.6) is 0 Å². The maximum atomic E-state index is 12.0. The fraction of sp³-hybridized carbons (Fsp3) is 0.467. The summed E-state index contributed by atoms with van der Waals surface area (Å²) in [5, 5.41) is 6.28. The lowest BCUT2D eigenvalue weighted by molar-refractivity contribution is -0.137. The number of nitrogens with two attached hydrogens (primary N) is 1. The summed E-state index contributed by atoms with van der Waals surface area (Å²) in [5.41, 5.74) is 8.48. The lowest BCUT2D eigenvalue weighted by Gasteiger charge is -2.25. The highest BCUT2D eigenvalue weighted by Crippen LogP contribution is 2.33. The van der Waals surface area contributed by atoms with E-state index >= 15 is 0 Å². The molecule has 39 heavy (non-hydrogen) atoms. The number of hydrogen-bond acceptors (Lipinski definition) is 5. The summed E-state index contributed by atoms with van der Waals surface area (Å²) in [4.78, 5) is 17.0. The molecule has 2 rings (SSSR count). The Kier molecular flexibility index (Phi) is 17.9. The van der Waals surface area contributed by atoms with Crippen molar-refractivity contribution < 1.29 is 18.0 Å². The van der Waals surface area contributed by atoms with Gasteiger partial charge in [0.2, 0.25) is 0 Å². The molecule has 0 aliphatic heterocycles. The van der Waals surface area contributed by atoms with E-state index in [1.54, 1.807) is 18.1 Å². The zero-order chi connectivity index (χ0) is 29.9. The van der Waals surface area contributed by atoms with Crippen molar-refractivity contribution in [1.29, 1.82) is 0 Å². The van der Waals surface area contributed by atoms with Crippen molar-refractivity contribution in [2.75, 3.05) is 31.7 Å². The third-order valence-electron chi connectivity index (χ3n) is 5.96. The second-order valence-corrected chi connectivity index (χ2v) is 9.48. The molecule has 0 aliphatic carbocycles. The summed E-state index contributed by atoms with van der Waals surface area (Å²) in [7, 11) is 1.89. The number of hydrogen-bond donors (Lipinski definition) is 3. The molecule has 2 aromatic rings. The SMILES string of the molecule is CC.CCC(C)(C=O)c1cc(C/C(=C/NC=NCCN)SC)ccc1NC.CCc1ccc(C(F)(F)F)cc1. The van der Waals surface area contributed by atoms with Gasteiger partial charge in [-0.3, -0.25) is 4.99 Å². The highest BCUT2D eigenvalue weighted by atomic mass is 32.2. The fourth-order valence-corrected chi connectivity index (χ4v) is 3.86. The Labute approximate surface area is 236 Å². The van der Waals surface area contributed by atoms with E-state index in [4.69, 9.17) is 5.73 Å². The summed E-state index contributed by atoms with van der Waals surface area (Å²) in [5.74, 6) is 0. The Morgan fingerprint density at radius 1 is 1.08 bits per heavy atom. The first kappa shape index (κ1) is 36.2. The number of anilines is 1. The second-order valence-electron chi connectivity index (χ2n) is 8.55. The average molecular weight is 567 g/mol. The molecule has 1 unspecified atom stereocenters. The number of nitrogens with one attached hydrogen (secondary N) is 2. The van der Waals surface area contributed by atoms with Gasteiger partial charge in [0.1, 0.15) is 6.29 Å². The van der Waals surface area contributed by atoms with Crippen molar-refractivity contribution in [3.05, 3.63) is 75.8 Å². The van der Waals surface area contributed by atoms with E-state index in [0.717, 1.165) is 54.5 Å². The largest absolute Gasteiger partial charge is 0.416 e. The van der Waals surface area contributed by atoms with E-state index in [1.165, 1.54) is 22.6 Å². The van der Waals surface area contributed by atoms with E-state index in [-0.39, 0.29) is 0 Å². The van der Waals surface area contributed by atoms with Crippen LogP contribution in [0.15, 0.2) is 58.6 Å². The van der Waals surface area contributed by atoms with Crippen LogP contribution in [0.1, 0.15) is 63.3 Å². The number of rotatable bonds is 12. The van der Waals surface area contributed by atoms with Crippen LogP contribution in [-0.4, -0.2) is 39.0 Å². The van der Waals surface area contributed by atoms with E-state index in [1.807, 2.05) is 47.9 Å². The molecular formula is C30H45F3N4OS. The van der Waals surface area contributed by atoms with Gasteiger partial charge >= 0.3 is 6.18 Å². The van der Waals surface area contributed by atoms with Crippen LogP contribution < -0.4 is 16.4 Å². The third-order valence-corrected chi connectivity index (χ3v) is 6.75. The first-order valence-electron chi connectivity index (χ1n) is 13.2. The molecule has 0 bridgehead atoms. The van der Waals surface area contributed by atoms with Gasteiger partial charge in [0.25, 0.3) is 0 Å². The Morgan fingerprint density at radius 2 is 1.69 bits per heavy atom. The Morgan fingerprint density at radius 3 is 2.15 bits per heavy atom. The Balaban J connectivity index is 0.000000858. The molecule has 0 saturated carbocycles. The van der Waals surface area contributed by atoms with Crippen LogP contribution in [0.4, 0.5) is 18.9 Å². The van der Waals surface area contributed by atoms with Crippen LogP contribution in [0.3, 0.4) is 0 Å². The quantitative estimate of drug-likeness (QED) is 0.144. The summed E-state index contributed by atoms with van der Waals surface area (Å²) in [6.07, 6.45) is 4.83. The molecule has 0 radical (unpaired) electrons. The first-order valence-corrected chi connectivity index (χ1v) is 14.4. The lowest BCUT2D eigenvalue weighted by Crippen LogP contribution is -2.24. The molecule has 218 valence electrons. The monoisotopic (exact) mass is 566 g/mol. The van der Waals surface area contributed by atoms with Crippen LogP contribution in [0, 0.1) is 0 Å². The second kappa shape index (κ2) is 19.3. The van der Waals surface area contributed by atoms with Gasteiger partial charge in [0.05, 0.1) is 18.4 Å². The van der Waals surface area contributed by atoms with Gasteiger partial charge < -0.3 is 21.2 Å². The molecule has 0 saturated heterocycles. The van der Waals surface area contributed by atoms with Gasteiger partial charge in [-0.15, -0.1) is 11.8 Å².